The van der Waals surface area contributed by atoms with E-state index in [0.717, 1.165) is 5.82 Å². The van der Waals surface area contributed by atoms with Gasteiger partial charge in [-0.25, -0.2) is 4.98 Å². The molecule has 0 spiro atoms. The zero-order chi connectivity index (χ0) is 11.7. The number of aliphatic carboxylic acids is 1. The summed E-state index contributed by atoms with van der Waals surface area (Å²) in [5, 5.41) is 9.03. The summed E-state index contributed by atoms with van der Waals surface area (Å²) >= 11 is 0. The SMILES string of the molecule is CC1[C@@H](C(=O)O)CCN1c1cccc(N)n1. The number of carboxylic acid groups (broad SMARTS) is 1. The minimum Gasteiger partial charge on any atom is -0.481 e. The number of hydrogen-bond acceptors (Lipinski definition) is 4. The Labute approximate surface area is 93.9 Å². The molecule has 0 radical (unpaired) electrons. The Bertz CT molecular complexity index is 408. The second-order valence-electron chi connectivity index (χ2n) is 4.09. The van der Waals surface area contributed by atoms with Gasteiger partial charge in [0.15, 0.2) is 0 Å². The van der Waals surface area contributed by atoms with E-state index in [9.17, 15) is 4.79 Å². The quantitative estimate of drug-likeness (QED) is 0.777. The minimum atomic E-state index is -0.737. The number of nitrogen functional groups attached to an aromatic ring is 1. The highest BCUT2D eigenvalue weighted by atomic mass is 16.4. The van der Waals surface area contributed by atoms with E-state index in [2.05, 4.69) is 4.98 Å². The van der Waals surface area contributed by atoms with E-state index < -0.39 is 5.97 Å². The monoisotopic (exact) mass is 221 g/mol. The molecule has 86 valence electrons. The van der Waals surface area contributed by atoms with Gasteiger partial charge < -0.3 is 15.7 Å². The molecule has 0 amide bonds. The predicted octanol–water partition coefficient (Wildman–Crippen LogP) is 0.963. The molecule has 5 nitrogen and oxygen atoms in total. The van der Waals surface area contributed by atoms with E-state index in [0.29, 0.717) is 18.8 Å². The summed E-state index contributed by atoms with van der Waals surface area (Å²) < 4.78 is 0. The highest BCUT2D eigenvalue weighted by Crippen LogP contribution is 2.28. The first kappa shape index (κ1) is 10.7. The van der Waals surface area contributed by atoms with Crippen molar-refractivity contribution in [3.8, 4) is 0 Å². The Morgan fingerprint density at radius 3 is 2.94 bits per heavy atom. The maximum absolute atomic E-state index is 11.0. The second-order valence-corrected chi connectivity index (χ2v) is 4.09. The molecule has 0 aliphatic carbocycles. The molecule has 0 bridgehead atoms. The summed E-state index contributed by atoms with van der Waals surface area (Å²) in [6, 6.07) is 5.38. The van der Waals surface area contributed by atoms with E-state index in [1.165, 1.54) is 0 Å². The average molecular weight is 221 g/mol. The number of hydrogen-bond donors (Lipinski definition) is 2. The molecule has 5 heteroatoms. The zero-order valence-electron chi connectivity index (χ0n) is 9.13. The number of aromatic nitrogens is 1. The van der Waals surface area contributed by atoms with Crippen LogP contribution in [0.15, 0.2) is 18.2 Å². The molecule has 0 aromatic carbocycles. The van der Waals surface area contributed by atoms with Crippen LogP contribution in [0.1, 0.15) is 13.3 Å². The Hall–Kier alpha value is -1.78. The van der Waals surface area contributed by atoms with Crippen LogP contribution >= 0.6 is 0 Å². The Kier molecular flexibility index (Phi) is 2.68. The first-order valence-electron chi connectivity index (χ1n) is 5.31. The zero-order valence-corrected chi connectivity index (χ0v) is 9.13. The van der Waals surface area contributed by atoms with Gasteiger partial charge in [0.1, 0.15) is 11.6 Å². The maximum atomic E-state index is 11.0. The van der Waals surface area contributed by atoms with Crippen molar-refractivity contribution in [2.75, 3.05) is 17.2 Å². The van der Waals surface area contributed by atoms with Crippen molar-refractivity contribution in [2.45, 2.75) is 19.4 Å². The molecule has 1 aliphatic heterocycles. The first-order chi connectivity index (χ1) is 7.59. The lowest BCUT2D eigenvalue weighted by atomic mass is 10.0. The fourth-order valence-corrected chi connectivity index (χ4v) is 2.19. The molecule has 1 saturated heterocycles. The van der Waals surface area contributed by atoms with Crippen molar-refractivity contribution in [3.05, 3.63) is 18.2 Å². The highest BCUT2D eigenvalue weighted by molar-refractivity contribution is 5.72. The summed E-state index contributed by atoms with van der Waals surface area (Å²) in [6.07, 6.45) is 0.660. The lowest BCUT2D eigenvalue weighted by Crippen LogP contribution is -2.33. The second kappa shape index (κ2) is 4.00. The van der Waals surface area contributed by atoms with Gasteiger partial charge >= 0.3 is 5.97 Å². The van der Waals surface area contributed by atoms with E-state index in [1.807, 2.05) is 24.0 Å². The van der Waals surface area contributed by atoms with Gasteiger partial charge in [-0.2, -0.15) is 0 Å². The summed E-state index contributed by atoms with van der Waals surface area (Å²) in [5.74, 6) is 0.168. The summed E-state index contributed by atoms with van der Waals surface area (Å²) in [5.41, 5.74) is 5.61. The Balaban J connectivity index is 2.21. The van der Waals surface area contributed by atoms with Gasteiger partial charge in [0, 0.05) is 12.6 Å². The van der Waals surface area contributed by atoms with Crippen LogP contribution in [0.5, 0.6) is 0 Å². The molecular formula is C11H15N3O2. The lowest BCUT2D eigenvalue weighted by Gasteiger charge is -2.24. The van der Waals surface area contributed by atoms with E-state index >= 15 is 0 Å². The van der Waals surface area contributed by atoms with E-state index in [1.54, 1.807) is 6.07 Å². The number of anilines is 2. The minimum absolute atomic E-state index is 0.0354. The molecule has 2 rings (SSSR count). The topological polar surface area (TPSA) is 79.5 Å². The predicted molar refractivity (Wildman–Crippen MR) is 61.2 cm³/mol. The van der Waals surface area contributed by atoms with Crippen molar-refractivity contribution in [1.29, 1.82) is 0 Å². The molecule has 16 heavy (non-hydrogen) atoms. The van der Waals surface area contributed by atoms with Gasteiger partial charge in [0.05, 0.1) is 5.92 Å². The normalized spacial score (nSPS) is 24.7. The number of nitrogens with zero attached hydrogens (tertiary/aromatic N) is 2. The lowest BCUT2D eigenvalue weighted by molar-refractivity contribution is -0.141. The van der Waals surface area contributed by atoms with Crippen molar-refractivity contribution in [1.82, 2.24) is 4.98 Å². The van der Waals surface area contributed by atoms with Crippen LogP contribution in [0.25, 0.3) is 0 Å². The molecule has 2 atom stereocenters. The molecule has 3 N–H and O–H groups in total. The first-order valence-corrected chi connectivity index (χ1v) is 5.31. The van der Waals surface area contributed by atoms with E-state index in [4.69, 9.17) is 10.8 Å². The number of rotatable bonds is 2. The molecule has 1 aromatic heterocycles. The van der Waals surface area contributed by atoms with Crippen molar-refractivity contribution >= 4 is 17.6 Å². The smallest absolute Gasteiger partial charge is 0.308 e. The van der Waals surface area contributed by atoms with Crippen LogP contribution in [-0.4, -0.2) is 28.6 Å². The number of nitrogens with two attached hydrogens (primary N) is 1. The van der Waals surface area contributed by atoms with Crippen LogP contribution in [-0.2, 0) is 4.79 Å². The Morgan fingerprint density at radius 1 is 1.62 bits per heavy atom. The third-order valence-corrected chi connectivity index (χ3v) is 3.12. The van der Waals surface area contributed by atoms with Crippen molar-refractivity contribution < 1.29 is 9.90 Å². The van der Waals surface area contributed by atoms with Crippen LogP contribution in [0.4, 0.5) is 11.6 Å². The molecule has 1 aliphatic rings. The maximum Gasteiger partial charge on any atom is 0.308 e. The van der Waals surface area contributed by atoms with Gasteiger partial charge in [-0.05, 0) is 25.5 Å². The molecule has 0 saturated carbocycles. The molecular weight excluding hydrogens is 206 g/mol. The molecule has 1 aromatic rings. The molecule has 2 heterocycles. The van der Waals surface area contributed by atoms with Crippen LogP contribution in [0, 0.1) is 5.92 Å². The fraction of sp³-hybridized carbons (Fsp3) is 0.455. The summed E-state index contributed by atoms with van der Waals surface area (Å²) in [4.78, 5) is 17.2. The van der Waals surface area contributed by atoms with E-state index in [-0.39, 0.29) is 12.0 Å². The third-order valence-electron chi connectivity index (χ3n) is 3.12. The Morgan fingerprint density at radius 2 is 2.38 bits per heavy atom. The standard InChI is InChI=1S/C11H15N3O2/c1-7-8(11(15)16)5-6-14(7)10-4-2-3-9(12)13-10/h2-4,7-8H,5-6H2,1H3,(H2,12,13)(H,15,16)/t7?,8-/m0/s1. The summed E-state index contributed by atoms with van der Waals surface area (Å²) in [6.45, 7) is 2.63. The number of carboxylic acids is 1. The molecule has 1 unspecified atom stereocenters. The van der Waals surface area contributed by atoms with Gasteiger partial charge in [0.25, 0.3) is 0 Å². The van der Waals surface area contributed by atoms with Crippen LogP contribution in [0.2, 0.25) is 0 Å². The fourth-order valence-electron chi connectivity index (χ4n) is 2.19. The highest BCUT2D eigenvalue weighted by Gasteiger charge is 2.36. The third kappa shape index (κ3) is 1.80. The van der Waals surface area contributed by atoms with Crippen LogP contribution in [0.3, 0.4) is 0 Å². The number of carbonyl (C=O) groups is 1. The van der Waals surface area contributed by atoms with Crippen molar-refractivity contribution in [2.24, 2.45) is 5.92 Å². The van der Waals surface area contributed by atoms with Gasteiger partial charge in [-0.1, -0.05) is 6.07 Å². The molecule has 1 fully saturated rings. The largest absolute Gasteiger partial charge is 0.481 e. The summed E-state index contributed by atoms with van der Waals surface area (Å²) in [7, 11) is 0. The van der Waals surface area contributed by atoms with Gasteiger partial charge in [0.2, 0.25) is 0 Å². The van der Waals surface area contributed by atoms with Gasteiger partial charge in [-0.3, -0.25) is 4.79 Å². The van der Waals surface area contributed by atoms with Crippen LogP contribution < -0.4 is 10.6 Å². The van der Waals surface area contributed by atoms with Crippen molar-refractivity contribution in [3.63, 3.8) is 0 Å². The van der Waals surface area contributed by atoms with Gasteiger partial charge in [-0.15, -0.1) is 0 Å². The number of pyridine rings is 1. The average Bonchev–Trinajstić information content (AvgIpc) is 2.60.